The molecule has 4 atom stereocenters. The fourth-order valence-corrected chi connectivity index (χ4v) is 5.79. The molecule has 0 aliphatic heterocycles. The van der Waals surface area contributed by atoms with Gasteiger partial charge in [0.05, 0.1) is 0 Å². The van der Waals surface area contributed by atoms with Crippen molar-refractivity contribution in [3.05, 3.63) is 59.3 Å². The molecule has 2 saturated carbocycles. The molecule has 0 aromatic carbocycles. The van der Waals surface area contributed by atoms with E-state index in [0.29, 0.717) is 29.5 Å². The lowest BCUT2D eigenvalue weighted by Crippen LogP contribution is -2.32. The molecule has 0 heterocycles. The van der Waals surface area contributed by atoms with Crippen LogP contribution in [0.25, 0.3) is 0 Å². The molecule has 3 aliphatic carbocycles. The minimum atomic E-state index is -0.858. The van der Waals surface area contributed by atoms with E-state index in [-0.39, 0.29) is 10.8 Å². The normalized spacial score (nSPS) is 33.1. The molecule has 0 unspecified atom stereocenters. The van der Waals surface area contributed by atoms with Crippen LogP contribution in [-0.4, -0.2) is 11.9 Å². The lowest BCUT2D eigenvalue weighted by molar-refractivity contribution is 0.218. The maximum absolute atomic E-state index is 14.0. The zero-order valence-electron chi connectivity index (χ0n) is 20.4. The summed E-state index contributed by atoms with van der Waals surface area (Å²) in [6.45, 7) is 15.1. The molecular weight excluding hydrogens is 381 g/mol. The molecule has 170 valence electrons. The predicted octanol–water partition coefficient (Wildman–Crippen LogP) is 8.70. The highest BCUT2D eigenvalue weighted by molar-refractivity contribution is 5.96. The Hall–Kier alpha value is -1.70. The molecule has 2 heteroatoms. The highest BCUT2D eigenvalue weighted by Gasteiger charge is 2.45. The minimum absolute atomic E-state index is 0.0905. The number of rotatable bonds is 5. The minimum Gasteiger partial charge on any atom is -0.305 e. The second kappa shape index (κ2) is 9.43. The monoisotopic (exact) mass is 423 g/mol. The van der Waals surface area contributed by atoms with Crippen LogP contribution in [0.4, 0.5) is 4.39 Å². The molecule has 3 rings (SSSR count). The molecule has 0 amide bonds. The summed E-state index contributed by atoms with van der Waals surface area (Å²) in [4.78, 5) is 0. The highest BCUT2D eigenvalue weighted by atomic mass is 19.1. The summed E-state index contributed by atoms with van der Waals surface area (Å²) < 4.78 is 14.0. The van der Waals surface area contributed by atoms with Crippen molar-refractivity contribution in [3.8, 4) is 0 Å². The molecule has 0 aromatic heterocycles. The number of allylic oxidation sites excluding steroid dienone is 9. The molecule has 1 nitrogen and oxygen atoms in total. The maximum Gasteiger partial charge on any atom is 0.125 e. The van der Waals surface area contributed by atoms with E-state index in [1.54, 1.807) is 11.1 Å². The average Bonchev–Trinajstić information content (AvgIpc) is 3.05. The second-order valence-electron chi connectivity index (χ2n) is 11.2. The van der Waals surface area contributed by atoms with Gasteiger partial charge in [0.2, 0.25) is 0 Å². The van der Waals surface area contributed by atoms with Crippen LogP contribution in [0.1, 0.15) is 86.0 Å². The third-order valence-corrected chi connectivity index (χ3v) is 7.92. The number of alkyl halides is 1. The van der Waals surface area contributed by atoms with Crippen LogP contribution in [0, 0.1) is 28.1 Å². The van der Waals surface area contributed by atoms with Crippen LogP contribution in [0.3, 0.4) is 0 Å². The van der Waals surface area contributed by atoms with Crippen molar-refractivity contribution >= 4 is 5.71 Å². The van der Waals surface area contributed by atoms with Crippen molar-refractivity contribution in [2.24, 2.45) is 22.7 Å². The van der Waals surface area contributed by atoms with E-state index >= 15 is 0 Å². The van der Waals surface area contributed by atoms with Crippen LogP contribution in [0.5, 0.6) is 0 Å². The van der Waals surface area contributed by atoms with Gasteiger partial charge in [-0.3, -0.25) is 0 Å². The Labute approximate surface area is 189 Å². The Kier molecular flexibility index (Phi) is 7.28. The van der Waals surface area contributed by atoms with Crippen molar-refractivity contribution in [3.63, 3.8) is 0 Å². The third-order valence-electron chi connectivity index (χ3n) is 7.92. The molecule has 31 heavy (non-hydrogen) atoms. The lowest BCUT2D eigenvalue weighted by atomic mass is 9.62. The van der Waals surface area contributed by atoms with Crippen LogP contribution in [-0.2, 0) is 0 Å². The van der Waals surface area contributed by atoms with Gasteiger partial charge in [-0.2, -0.15) is 0 Å². The second-order valence-corrected chi connectivity index (χ2v) is 11.2. The fourth-order valence-electron chi connectivity index (χ4n) is 5.79. The number of hydrogen-bond acceptors (Lipinski definition) is 1. The molecule has 3 aliphatic rings. The Morgan fingerprint density at radius 1 is 1.29 bits per heavy atom. The van der Waals surface area contributed by atoms with Gasteiger partial charge in [-0.25, -0.2) is 4.39 Å². The van der Waals surface area contributed by atoms with Gasteiger partial charge in [-0.05, 0) is 85.8 Å². The summed E-state index contributed by atoms with van der Waals surface area (Å²) in [6, 6.07) is 0. The van der Waals surface area contributed by atoms with E-state index in [1.807, 2.05) is 6.08 Å². The van der Waals surface area contributed by atoms with E-state index in [0.717, 1.165) is 37.7 Å². The van der Waals surface area contributed by atoms with Crippen molar-refractivity contribution in [2.45, 2.75) is 92.2 Å². The highest BCUT2D eigenvalue weighted by Crippen LogP contribution is 2.57. The standard InChI is InChI=1S/C29H42FN/c1-20(10-7-14-27(31)28(3,4)5)24-17-18-25-23(12-9-19-29(24,25)6)16-15-22-11-8-13-26(30)21(22)2/h7,14-17,20,25-26,31H,2,8-13,18-19H2,1,3-6H3/b14-7+,22-15-,23-16+,31-27?/t20-,25+,26+,29-/m1/s1. The summed E-state index contributed by atoms with van der Waals surface area (Å²) in [5, 5.41) is 8.22. The first-order valence-corrected chi connectivity index (χ1v) is 12.2. The van der Waals surface area contributed by atoms with Crippen LogP contribution >= 0.6 is 0 Å². The van der Waals surface area contributed by atoms with Crippen LogP contribution < -0.4 is 0 Å². The van der Waals surface area contributed by atoms with Crippen molar-refractivity contribution in [1.29, 1.82) is 5.41 Å². The van der Waals surface area contributed by atoms with E-state index < -0.39 is 6.17 Å². The summed E-state index contributed by atoms with van der Waals surface area (Å²) in [5.41, 5.74) is 5.80. The quantitative estimate of drug-likeness (QED) is 0.338. The molecule has 0 bridgehead atoms. The van der Waals surface area contributed by atoms with Gasteiger partial charge in [-0.15, -0.1) is 0 Å². The zero-order chi connectivity index (χ0) is 22.8. The lowest BCUT2D eigenvalue weighted by Gasteiger charge is -2.42. The molecule has 0 saturated heterocycles. The largest absolute Gasteiger partial charge is 0.305 e. The molecule has 0 spiro atoms. The summed E-state index contributed by atoms with van der Waals surface area (Å²) >= 11 is 0. The molecule has 0 radical (unpaired) electrons. The topological polar surface area (TPSA) is 23.9 Å². The summed E-state index contributed by atoms with van der Waals surface area (Å²) in [6.07, 6.45) is 18.6. The molecule has 1 N–H and O–H groups in total. The van der Waals surface area contributed by atoms with Gasteiger partial charge >= 0.3 is 0 Å². The smallest absolute Gasteiger partial charge is 0.125 e. The van der Waals surface area contributed by atoms with E-state index in [2.05, 4.69) is 65.5 Å². The Bertz CT molecular complexity index is 831. The molecule has 2 fully saturated rings. The summed E-state index contributed by atoms with van der Waals surface area (Å²) in [5.74, 6) is 1.08. The van der Waals surface area contributed by atoms with Gasteiger partial charge in [0.15, 0.2) is 0 Å². The van der Waals surface area contributed by atoms with E-state index in [9.17, 15) is 4.39 Å². The van der Waals surface area contributed by atoms with Gasteiger partial charge in [0.1, 0.15) is 6.17 Å². The predicted molar refractivity (Wildman–Crippen MR) is 132 cm³/mol. The molecule has 0 aromatic rings. The first kappa shape index (κ1) is 24.0. The van der Waals surface area contributed by atoms with Gasteiger partial charge in [0, 0.05) is 11.1 Å². The van der Waals surface area contributed by atoms with Crippen molar-refractivity contribution in [2.75, 3.05) is 0 Å². The SMILES string of the molecule is C=C1/C(=C\C=C2/CCC[C@]3(C)C([C@H](C)C/C=C/C(=N)C(C)(C)C)=CC[C@@H]23)CCC[C@@H]1F. The number of halogens is 1. The van der Waals surface area contributed by atoms with Crippen molar-refractivity contribution in [1.82, 2.24) is 0 Å². The Morgan fingerprint density at radius 2 is 2.03 bits per heavy atom. The fraction of sp³-hybridized carbons (Fsp3) is 0.621. The zero-order valence-corrected chi connectivity index (χ0v) is 20.4. The average molecular weight is 424 g/mol. The first-order chi connectivity index (χ1) is 14.5. The van der Waals surface area contributed by atoms with Crippen LogP contribution in [0.2, 0.25) is 0 Å². The first-order valence-electron chi connectivity index (χ1n) is 12.2. The molecular formula is C29H42FN. The number of hydrogen-bond donors (Lipinski definition) is 1. The van der Waals surface area contributed by atoms with Crippen molar-refractivity contribution < 1.29 is 4.39 Å². The third kappa shape index (κ3) is 5.21. The van der Waals surface area contributed by atoms with Gasteiger partial charge in [0.25, 0.3) is 0 Å². The number of fused-ring (bicyclic) bond motifs is 1. The Balaban J connectivity index is 1.71. The maximum atomic E-state index is 14.0. The van der Waals surface area contributed by atoms with Crippen LogP contribution in [0.15, 0.2) is 59.3 Å². The van der Waals surface area contributed by atoms with Gasteiger partial charge < -0.3 is 5.41 Å². The number of nitrogens with one attached hydrogen (secondary N) is 1. The van der Waals surface area contributed by atoms with E-state index in [4.69, 9.17) is 5.41 Å². The van der Waals surface area contributed by atoms with Gasteiger partial charge in [-0.1, -0.05) is 76.6 Å². The van der Waals surface area contributed by atoms with E-state index in [1.165, 1.54) is 12.8 Å². The summed E-state index contributed by atoms with van der Waals surface area (Å²) in [7, 11) is 0. The Morgan fingerprint density at radius 3 is 2.74 bits per heavy atom.